The third kappa shape index (κ3) is 3.23. The van der Waals surface area contributed by atoms with Crippen molar-refractivity contribution in [3.8, 4) is 11.4 Å². The Balaban J connectivity index is 1.56. The summed E-state index contributed by atoms with van der Waals surface area (Å²) in [6, 6.07) is 13.0. The lowest BCUT2D eigenvalue weighted by Crippen LogP contribution is -2.30. The Morgan fingerprint density at radius 1 is 1.23 bits per heavy atom. The summed E-state index contributed by atoms with van der Waals surface area (Å²) in [5.74, 6) is 1.03. The number of hydrogen-bond acceptors (Lipinski definition) is 5. The van der Waals surface area contributed by atoms with Crippen molar-refractivity contribution in [3.63, 3.8) is 0 Å². The van der Waals surface area contributed by atoms with Crippen molar-refractivity contribution in [2.24, 2.45) is 0 Å². The fourth-order valence-electron chi connectivity index (χ4n) is 3.50. The van der Waals surface area contributed by atoms with Gasteiger partial charge in [0.2, 0.25) is 11.7 Å². The van der Waals surface area contributed by atoms with E-state index in [2.05, 4.69) is 10.1 Å². The Hall–Kier alpha value is -1.92. The second-order valence-corrected chi connectivity index (χ2v) is 7.31. The number of fused-ring (bicyclic) bond motifs is 1. The Kier molecular flexibility index (Phi) is 4.71. The van der Waals surface area contributed by atoms with E-state index in [1.807, 2.05) is 48.3 Å². The highest BCUT2D eigenvalue weighted by atomic mass is 35.5. The zero-order valence-corrected chi connectivity index (χ0v) is 15.6. The monoisotopic (exact) mass is 389 g/mol. The van der Waals surface area contributed by atoms with Crippen LogP contribution in [0.25, 0.3) is 11.4 Å². The summed E-state index contributed by atoms with van der Waals surface area (Å²) in [5.41, 5.74) is 2.78. The van der Waals surface area contributed by atoms with Gasteiger partial charge in [-0.3, -0.25) is 4.90 Å². The van der Waals surface area contributed by atoms with Gasteiger partial charge in [0.05, 0.1) is 18.7 Å². The van der Waals surface area contributed by atoms with E-state index in [1.54, 1.807) is 6.07 Å². The molecule has 2 atom stereocenters. The van der Waals surface area contributed by atoms with Crippen LogP contribution in [0.2, 0.25) is 10.0 Å². The van der Waals surface area contributed by atoms with Crippen molar-refractivity contribution in [2.75, 3.05) is 7.05 Å². The molecule has 4 rings (SSSR count). The molecule has 0 aliphatic heterocycles. The first kappa shape index (κ1) is 17.5. The van der Waals surface area contributed by atoms with Gasteiger partial charge >= 0.3 is 0 Å². The fourth-order valence-corrected chi connectivity index (χ4v) is 4.08. The summed E-state index contributed by atoms with van der Waals surface area (Å²) in [4.78, 5) is 6.43. The van der Waals surface area contributed by atoms with Gasteiger partial charge < -0.3 is 9.63 Å². The number of halogens is 2. The number of benzene rings is 2. The van der Waals surface area contributed by atoms with E-state index in [0.29, 0.717) is 34.7 Å². The van der Waals surface area contributed by atoms with Crippen LogP contribution in [0.1, 0.15) is 23.1 Å². The fraction of sp³-hybridized carbons (Fsp3) is 0.263. The quantitative estimate of drug-likeness (QED) is 0.726. The summed E-state index contributed by atoms with van der Waals surface area (Å²) in [6.07, 6.45) is -0.0677. The van der Waals surface area contributed by atoms with Crippen LogP contribution in [-0.2, 0) is 13.0 Å². The first-order valence-electron chi connectivity index (χ1n) is 8.27. The van der Waals surface area contributed by atoms with Gasteiger partial charge in [0.15, 0.2) is 0 Å². The average Bonchev–Trinajstić information content (AvgIpc) is 3.20. The van der Waals surface area contributed by atoms with E-state index >= 15 is 0 Å². The van der Waals surface area contributed by atoms with Crippen molar-refractivity contribution < 1.29 is 9.63 Å². The molecule has 0 amide bonds. The molecule has 1 aromatic heterocycles. The minimum absolute atomic E-state index is 0.228. The lowest BCUT2D eigenvalue weighted by Gasteiger charge is -2.26. The van der Waals surface area contributed by atoms with Gasteiger partial charge in [-0.25, -0.2) is 0 Å². The minimum atomic E-state index is -0.567. The van der Waals surface area contributed by atoms with Crippen LogP contribution in [0, 0.1) is 0 Å². The van der Waals surface area contributed by atoms with Gasteiger partial charge in [-0.15, -0.1) is 0 Å². The van der Waals surface area contributed by atoms with E-state index in [4.69, 9.17) is 27.7 Å². The van der Waals surface area contributed by atoms with Gasteiger partial charge in [-0.2, -0.15) is 4.98 Å². The highest BCUT2D eigenvalue weighted by molar-refractivity contribution is 6.35. The first-order chi connectivity index (χ1) is 12.5. The second-order valence-electron chi connectivity index (χ2n) is 6.46. The zero-order chi connectivity index (χ0) is 18.3. The molecule has 0 fully saturated rings. The van der Waals surface area contributed by atoms with Crippen LogP contribution in [-0.4, -0.2) is 33.3 Å². The lowest BCUT2D eigenvalue weighted by molar-refractivity contribution is 0.0667. The predicted octanol–water partition coefficient (Wildman–Crippen LogP) is 4.13. The van der Waals surface area contributed by atoms with E-state index in [0.717, 1.165) is 16.7 Å². The summed E-state index contributed by atoms with van der Waals surface area (Å²) in [6.45, 7) is 0.408. The maximum atomic E-state index is 10.5. The molecule has 2 unspecified atom stereocenters. The number of aliphatic hydroxyl groups is 1. The van der Waals surface area contributed by atoms with Crippen LogP contribution in [0.4, 0.5) is 0 Å². The van der Waals surface area contributed by atoms with Crippen LogP contribution in [0.5, 0.6) is 0 Å². The first-order valence-corrected chi connectivity index (χ1v) is 9.02. The highest BCUT2D eigenvalue weighted by Crippen LogP contribution is 2.41. The average molecular weight is 390 g/mol. The minimum Gasteiger partial charge on any atom is -0.391 e. The van der Waals surface area contributed by atoms with Crippen molar-refractivity contribution in [1.29, 1.82) is 0 Å². The van der Waals surface area contributed by atoms with Crippen molar-refractivity contribution in [1.82, 2.24) is 15.0 Å². The molecule has 0 saturated heterocycles. The molecule has 0 radical (unpaired) electrons. The van der Waals surface area contributed by atoms with Gasteiger partial charge in [0.1, 0.15) is 0 Å². The number of likely N-dealkylation sites (N-methyl/N-ethyl adjacent to an activating group) is 1. The van der Waals surface area contributed by atoms with Crippen molar-refractivity contribution in [3.05, 3.63) is 69.5 Å². The molecule has 1 N–H and O–H groups in total. The molecule has 1 aliphatic carbocycles. The standard InChI is InChI=1S/C19H17Cl2N3O2/c1-24(10-17-22-19(23-26-17)11-5-3-2-4-6-11)18-14-7-12(20)8-15(21)13(14)9-16(18)25/h2-8,16,18,25H,9-10H2,1H3. The number of nitrogens with zero attached hydrogens (tertiary/aromatic N) is 3. The maximum absolute atomic E-state index is 10.5. The van der Waals surface area contributed by atoms with Crippen LogP contribution >= 0.6 is 23.2 Å². The Morgan fingerprint density at radius 3 is 2.77 bits per heavy atom. The van der Waals surface area contributed by atoms with E-state index < -0.39 is 6.10 Å². The summed E-state index contributed by atoms with van der Waals surface area (Å²) >= 11 is 12.4. The SMILES string of the molecule is CN(Cc1nc(-c2ccccc2)no1)C1c2cc(Cl)cc(Cl)c2CC1O. The molecule has 134 valence electrons. The second kappa shape index (κ2) is 7.00. The van der Waals surface area contributed by atoms with Gasteiger partial charge in [0, 0.05) is 22.0 Å². The van der Waals surface area contributed by atoms with Crippen LogP contribution in [0.15, 0.2) is 47.0 Å². The molecule has 0 bridgehead atoms. The molecule has 5 nitrogen and oxygen atoms in total. The highest BCUT2D eigenvalue weighted by Gasteiger charge is 2.36. The molecular weight excluding hydrogens is 373 g/mol. The molecule has 1 heterocycles. The van der Waals surface area contributed by atoms with Gasteiger partial charge in [-0.1, -0.05) is 58.7 Å². The van der Waals surface area contributed by atoms with Crippen LogP contribution in [0.3, 0.4) is 0 Å². The predicted molar refractivity (Wildman–Crippen MR) is 100 cm³/mol. The van der Waals surface area contributed by atoms with Crippen LogP contribution < -0.4 is 0 Å². The summed E-state index contributed by atoms with van der Waals surface area (Å²) in [5, 5.41) is 15.7. The molecular formula is C19H17Cl2N3O2. The summed E-state index contributed by atoms with van der Waals surface area (Å²) in [7, 11) is 1.91. The Labute approximate surface area is 161 Å². The topological polar surface area (TPSA) is 62.4 Å². The van der Waals surface area contributed by atoms with E-state index in [9.17, 15) is 5.11 Å². The molecule has 1 aliphatic rings. The molecule has 0 saturated carbocycles. The van der Waals surface area contributed by atoms with Crippen molar-refractivity contribution in [2.45, 2.75) is 25.1 Å². The Bertz CT molecular complexity index is 930. The molecule has 0 spiro atoms. The smallest absolute Gasteiger partial charge is 0.241 e. The molecule has 7 heteroatoms. The summed E-state index contributed by atoms with van der Waals surface area (Å²) < 4.78 is 5.38. The third-order valence-electron chi connectivity index (χ3n) is 4.65. The number of hydrogen-bond donors (Lipinski definition) is 1. The van der Waals surface area contributed by atoms with Gasteiger partial charge in [-0.05, 0) is 30.3 Å². The number of rotatable bonds is 4. The van der Waals surface area contributed by atoms with Gasteiger partial charge in [0.25, 0.3) is 0 Å². The molecule has 3 aromatic rings. The Morgan fingerprint density at radius 2 is 2.00 bits per heavy atom. The van der Waals surface area contributed by atoms with E-state index in [1.165, 1.54) is 0 Å². The third-order valence-corrected chi connectivity index (χ3v) is 5.21. The molecule has 2 aromatic carbocycles. The maximum Gasteiger partial charge on any atom is 0.241 e. The largest absolute Gasteiger partial charge is 0.391 e. The van der Waals surface area contributed by atoms with E-state index in [-0.39, 0.29) is 6.04 Å². The zero-order valence-electron chi connectivity index (χ0n) is 14.1. The number of aromatic nitrogens is 2. The number of aliphatic hydroxyl groups excluding tert-OH is 1. The lowest BCUT2D eigenvalue weighted by atomic mass is 10.1. The van der Waals surface area contributed by atoms with Crippen molar-refractivity contribution >= 4 is 23.2 Å². The normalized spacial score (nSPS) is 19.1. The molecule has 26 heavy (non-hydrogen) atoms.